The minimum absolute atomic E-state index is 0.00488. The van der Waals surface area contributed by atoms with Crippen LogP contribution >= 0.6 is 0 Å². The van der Waals surface area contributed by atoms with E-state index in [2.05, 4.69) is 231 Å². The van der Waals surface area contributed by atoms with Crippen LogP contribution in [-0.2, 0) is 46.5 Å². The maximum atomic E-state index is 15.4. The van der Waals surface area contributed by atoms with E-state index in [1.165, 1.54) is 0 Å². The van der Waals surface area contributed by atoms with E-state index >= 15 is 4.79 Å². The molecule has 0 amide bonds. The molecule has 5 unspecified atom stereocenters. The molecule has 4 aromatic rings. The van der Waals surface area contributed by atoms with Crippen LogP contribution in [0.2, 0.25) is 28.2 Å². The third-order valence-corrected chi connectivity index (χ3v) is 37.5. The fourth-order valence-electron chi connectivity index (χ4n) is 16.7. The summed E-state index contributed by atoms with van der Waals surface area (Å²) < 4.78 is 67.8. The van der Waals surface area contributed by atoms with Crippen molar-refractivity contribution in [2.45, 2.75) is 273 Å². The van der Waals surface area contributed by atoms with Gasteiger partial charge >= 0.3 is 0 Å². The average Bonchev–Trinajstić information content (AvgIpc) is 1.71. The second-order valence-electron chi connectivity index (χ2n) is 32.6. The molecule has 0 spiro atoms. The zero-order valence-electron chi connectivity index (χ0n) is 58.6. The van der Waals surface area contributed by atoms with Gasteiger partial charge in [0.2, 0.25) is 0 Å². The molecule has 93 heavy (non-hydrogen) atoms. The summed E-state index contributed by atoms with van der Waals surface area (Å²) in [5.74, 6) is 0.777. The fraction of sp³-hybridized carbons (Fsp3) is 0.608. The number of Topliss-reactive ketones (excluding diaryl/α,β-unsaturated/α-hetero) is 1. The van der Waals surface area contributed by atoms with Crippen LogP contribution in [0.15, 0.2) is 158 Å². The van der Waals surface area contributed by atoms with Gasteiger partial charge in [-0.15, -0.1) is 0 Å². The van der Waals surface area contributed by atoms with Crippen molar-refractivity contribution in [2.75, 3.05) is 6.61 Å². The van der Waals surface area contributed by atoms with Crippen molar-refractivity contribution < 1.29 is 51.6 Å². The fourth-order valence-corrected chi connectivity index (χ4v) is 27.2. The molecule has 0 aromatic heterocycles. The van der Waals surface area contributed by atoms with Gasteiger partial charge in [-0.1, -0.05) is 230 Å². The normalized spacial score (nSPS) is 34.2. The highest BCUT2D eigenvalue weighted by atomic mass is 28.4. The highest BCUT2D eigenvalue weighted by molar-refractivity contribution is 7.00. The first-order chi connectivity index (χ1) is 44.1. The molecule has 6 fully saturated rings. The predicted octanol–water partition coefficient (Wildman–Crippen LogP) is 13.9. The number of aliphatic hydroxyl groups is 1. The molecule has 11 rings (SSSR count). The van der Waals surface area contributed by atoms with Crippen molar-refractivity contribution in [3.8, 4) is 0 Å². The molecule has 8 bridgehead atoms. The largest absolute Gasteiger partial charge is 0.417 e. The third-order valence-electron chi connectivity index (χ3n) is 22.9. The number of ether oxygens (including phenoxy) is 6. The summed E-state index contributed by atoms with van der Waals surface area (Å²) in [7, 11) is -8.66. The molecule has 1 N–H and O–H groups in total. The quantitative estimate of drug-likeness (QED) is 0.102. The van der Waals surface area contributed by atoms with Gasteiger partial charge in [-0.3, -0.25) is 4.79 Å². The van der Waals surface area contributed by atoms with E-state index in [9.17, 15) is 5.11 Å². The number of rotatable bonds is 13. The Morgan fingerprint density at radius 2 is 1.08 bits per heavy atom. The Morgan fingerprint density at radius 3 is 1.62 bits per heavy atom. The van der Waals surface area contributed by atoms with Crippen LogP contribution in [0, 0.1) is 23.7 Å². The van der Waals surface area contributed by atoms with Gasteiger partial charge in [-0.2, -0.15) is 0 Å². The SMILES string of the molecule is C=C1C[C@@H]2/C=C/C(O)C[C@H]3O[C@H]4[C@@H](O[Si](c5ccccc5)(c5ccccc5)C(C)(C)C)[C@H]5O[C@H](CC[C@@H]5O[C@H]4[C@H]3O[Si](c3ccccc3)(c3ccccc3)C(C)(C)C)CC(=O)CC3[C@@H](C)C(C[C@H](C)CO[Si](C)(C)C(C)(C)C)O[C@H]3CC3O[C@@H](CCC1O2)C[C@@H](C)C3=C. The van der Waals surface area contributed by atoms with Crippen molar-refractivity contribution in [2.24, 2.45) is 23.7 Å². The summed E-state index contributed by atoms with van der Waals surface area (Å²) in [5.41, 5.74) is 2.16. The maximum Gasteiger partial charge on any atom is 0.261 e. The third kappa shape index (κ3) is 14.8. The molecule has 19 atom stereocenters. The highest BCUT2D eigenvalue weighted by Crippen LogP contribution is 2.50. The summed E-state index contributed by atoms with van der Waals surface area (Å²) in [6, 6.07) is 43.1. The van der Waals surface area contributed by atoms with Crippen molar-refractivity contribution in [1.82, 2.24) is 0 Å². The van der Waals surface area contributed by atoms with Gasteiger partial charge in [0.1, 0.15) is 36.3 Å². The zero-order valence-corrected chi connectivity index (χ0v) is 61.6. The lowest BCUT2D eigenvalue weighted by Crippen LogP contribution is -2.73. The van der Waals surface area contributed by atoms with Gasteiger partial charge in [0, 0.05) is 38.7 Å². The van der Waals surface area contributed by atoms with Gasteiger partial charge < -0.3 is 46.8 Å². The predicted molar refractivity (Wildman–Crippen MR) is 380 cm³/mol. The molecule has 14 heteroatoms. The second-order valence-corrected chi connectivity index (χ2v) is 46.0. The van der Waals surface area contributed by atoms with E-state index in [-0.39, 0.29) is 89.0 Å². The van der Waals surface area contributed by atoms with Crippen molar-refractivity contribution in [3.05, 3.63) is 158 Å². The molecular weight excluding hydrogens is 1210 g/mol. The van der Waals surface area contributed by atoms with E-state index in [4.69, 9.17) is 41.7 Å². The van der Waals surface area contributed by atoms with Crippen molar-refractivity contribution in [3.63, 3.8) is 0 Å². The van der Waals surface area contributed by atoms with Gasteiger partial charge in [0.25, 0.3) is 16.6 Å². The van der Waals surface area contributed by atoms with E-state index in [1.54, 1.807) is 0 Å². The number of benzene rings is 4. The molecule has 11 nitrogen and oxygen atoms in total. The Balaban J connectivity index is 0.999. The first-order valence-electron chi connectivity index (χ1n) is 35.5. The Bertz CT molecular complexity index is 3100. The van der Waals surface area contributed by atoms with Crippen molar-refractivity contribution >= 4 is 51.5 Å². The van der Waals surface area contributed by atoms with E-state index in [0.717, 1.165) is 57.6 Å². The molecule has 7 aliphatic heterocycles. The first kappa shape index (κ1) is 70.3. The molecule has 0 radical (unpaired) electrons. The molecule has 0 saturated carbocycles. The van der Waals surface area contributed by atoms with Crippen LogP contribution in [0.5, 0.6) is 0 Å². The first-order valence-corrected chi connectivity index (χ1v) is 42.2. The summed E-state index contributed by atoms with van der Waals surface area (Å²) >= 11 is 0. The van der Waals surface area contributed by atoms with Gasteiger partial charge in [0.15, 0.2) is 8.32 Å². The van der Waals surface area contributed by atoms with Crippen LogP contribution in [0.3, 0.4) is 0 Å². The Kier molecular flexibility index (Phi) is 21.5. The minimum Gasteiger partial charge on any atom is -0.417 e. The minimum atomic E-state index is -3.37. The lowest BCUT2D eigenvalue weighted by molar-refractivity contribution is -0.254. The highest BCUT2D eigenvalue weighted by Gasteiger charge is 2.65. The van der Waals surface area contributed by atoms with E-state index < -0.39 is 84.9 Å². The monoisotopic (exact) mass is 1320 g/mol. The molecule has 4 aromatic carbocycles. The molecular formula is C79H112O11Si3. The molecule has 7 aliphatic rings. The van der Waals surface area contributed by atoms with Gasteiger partial charge in [-0.25, -0.2) is 0 Å². The van der Waals surface area contributed by atoms with Crippen LogP contribution < -0.4 is 20.7 Å². The molecule has 6 saturated heterocycles. The number of carbonyl (C=O) groups is 1. The number of hydrogen-bond acceptors (Lipinski definition) is 11. The number of fused-ring (bicyclic) bond motifs is 7. The standard InChI is InChI=1S/C79H112O11Si3/c1-51(50-82-91(15,16)77(6,7)8)43-68-55(5)65-47-57(81)46-60-40-42-67-72(85-60)76(90-93(79(12,13)14,63-33-25-19-26-34-63)64-35-27-20-28-36-64)75-74(87-67)73(89-92(78(9,10)11,61-29-21-17-22-30-61)62-31-23-18-24-32-62)71(88-75)48-56(80)37-38-58-45-53(3)66(83-58)41-39-59-44-52(2)54(4)69(84-59)49-70(65)86-68/h17-38,51-52,55-56,58-60,65-76,80H,3-4,39-50H2,1-2,5-16H3/b38-37+/t51-,52+,55+,56?,58-,59-,60+,65?,66?,67-,68?,69?,70-,71+,72-,73-,74-,75+,76-/m0/s1. The Hall–Kier alpha value is -3.98. The van der Waals surface area contributed by atoms with Gasteiger partial charge in [-0.05, 0) is 122 Å². The Morgan fingerprint density at radius 1 is 0.548 bits per heavy atom. The van der Waals surface area contributed by atoms with E-state index in [0.29, 0.717) is 38.7 Å². The number of ketones is 1. The lowest BCUT2D eigenvalue weighted by atomic mass is 9.78. The van der Waals surface area contributed by atoms with Crippen LogP contribution in [0.1, 0.15) is 154 Å². The van der Waals surface area contributed by atoms with E-state index in [1.807, 2.05) is 12.2 Å². The summed E-state index contributed by atoms with van der Waals surface area (Å²) in [5, 5.41) is 16.5. The summed E-state index contributed by atoms with van der Waals surface area (Å²) in [6.07, 6.45) is 4.13. The zero-order chi connectivity index (χ0) is 66.4. The maximum absolute atomic E-state index is 15.4. The number of carbonyl (C=O) groups excluding carboxylic acids is 1. The Labute approximate surface area is 561 Å². The van der Waals surface area contributed by atoms with Crippen LogP contribution in [0.4, 0.5) is 0 Å². The lowest BCUT2D eigenvalue weighted by Gasteiger charge is -2.53. The van der Waals surface area contributed by atoms with Crippen LogP contribution in [0.25, 0.3) is 0 Å². The topological polar surface area (TPSA) is 120 Å². The van der Waals surface area contributed by atoms with Crippen LogP contribution in [-0.4, -0.2) is 134 Å². The average molecular weight is 1320 g/mol. The number of aliphatic hydroxyl groups excluding tert-OH is 1. The summed E-state index contributed by atoms with van der Waals surface area (Å²) in [4.78, 5) is 15.4. The second kappa shape index (κ2) is 28.5. The smallest absolute Gasteiger partial charge is 0.261 e. The molecule has 0 aliphatic carbocycles. The molecule has 506 valence electrons. The van der Waals surface area contributed by atoms with Gasteiger partial charge in [0.05, 0.1) is 61.0 Å². The summed E-state index contributed by atoms with van der Waals surface area (Å²) in [6.45, 7) is 42.2. The molecule has 7 heterocycles. The van der Waals surface area contributed by atoms with Crippen molar-refractivity contribution in [1.29, 1.82) is 0 Å². The number of hydrogen-bond donors (Lipinski definition) is 1.